The van der Waals surface area contributed by atoms with E-state index in [1.807, 2.05) is 75.4 Å². The summed E-state index contributed by atoms with van der Waals surface area (Å²) in [7, 11) is 0. The number of nitrogens with zero attached hydrogens (tertiary/aromatic N) is 1. The zero-order valence-corrected chi connectivity index (χ0v) is 19.1. The van der Waals surface area contributed by atoms with E-state index in [0.717, 1.165) is 16.7 Å². The number of aryl methyl sites for hydroxylation is 1. The van der Waals surface area contributed by atoms with Crippen LogP contribution in [0.15, 0.2) is 54.6 Å². The van der Waals surface area contributed by atoms with Crippen molar-refractivity contribution in [2.45, 2.75) is 56.7 Å². The van der Waals surface area contributed by atoms with Crippen LogP contribution in [-0.4, -0.2) is 50.6 Å². The molecule has 2 aromatic carbocycles. The number of carbonyl (C=O) groups is 2. The molecule has 0 aromatic heterocycles. The van der Waals surface area contributed by atoms with Gasteiger partial charge < -0.3 is 21.1 Å². The molecule has 3 rings (SSSR count). The predicted octanol–water partition coefficient (Wildman–Crippen LogP) is 2.22. The van der Waals surface area contributed by atoms with Crippen molar-refractivity contribution < 1.29 is 14.7 Å². The third-order valence-electron chi connectivity index (χ3n) is 5.76. The summed E-state index contributed by atoms with van der Waals surface area (Å²) in [6.45, 7) is 6.27. The highest BCUT2D eigenvalue weighted by Crippen LogP contribution is 2.39. The van der Waals surface area contributed by atoms with Gasteiger partial charge in [-0.1, -0.05) is 54.6 Å². The minimum Gasteiger partial charge on any atom is -0.382 e. The van der Waals surface area contributed by atoms with Gasteiger partial charge >= 0.3 is 0 Å². The summed E-state index contributed by atoms with van der Waals surface area (Å²) in [5.41, 5.74) is 9.23. The van der Waals surface area contributed by atoms with Crippen molar-refractivity contribution >= 4 is 23.6 Å². The number of hydrogen-bond donors (Lipinski definition) is 3. The third-order valence-corrected chi connectivity index (χ3v) is 7.14. The maximum absolute atomic E-state index is 13.1. The first-order valence-corrected chi connectivity index (χ1v) is 11.4. The number of aliphatic hydroxyl groups excluding tert-OH is 1. The van der Waals surface area contributed by atoms with Crippen molar-refractivity contribution in [1.29, 1.82) is 0 Å². The molecule has 1 heterocycles. The Morgan fingerprint density at radius 1 is 1.19 bits per heavy atom. The van der Waals surface area contributed by atoms with Crippen LogP contribution < -0.4 is 11.1 Å². The van der Waals surface area contributed by atoms with Gasteiger partial charge in [0.1, 0.15) is 12.1 Å². The molecule has 1 saturated heterocycles. The molecule has 6 nitrogen and oxygen atoms in total. The molecule has 0 radical (unpaired) electrons. The van der Waals surface area contributed by atoms with Gasteiger partial charge in [0.25, 0.3) is 5.91 Å². The maximum atomic E-state index is 13.1. The van der Waals surface area contributed by atoms with E-state index in [1.165, 1.54) is 16.7 Å². The van der Waals surface area contributed by atoms with Gasteiger partial charge in [-0.2, -0.15) is 0 Å². The quantitative estimate of drug-likeness (QED) is 0.612. The minimum absolute atomic E-state index is 0.226. The third kappa shape index (κ3) is 5.47. The number of thioether (sulfide) groups is 1. The van der Waals surface area contributed by atoms with Gasteiger partial charge in [-0.3, -0.25) is 9.59 Å². The van der Waals surface area contributed by atoms with E-state index in [-0.39, 0.29) is 5.91 Å². The van der Waals surface area contributed by atoms with Crippen LogP contribution in [0.2, 0.25) is 0 Å². The molecule has 4 N–H and O–H groups in total. The second-order valence-electron chi connectivity index (χ2n) is 8.53. The highest BCUT2D eigenvalue weighted by atomic mass is 32.2. The summed E-state index contributed by atoms with van der Waals surface area (Å²) in [6.07, 6.45) is -0.996. The number of hydrogen-bond acceptors (Lipinski definition) is 5. The topological polar surface area (TPSA) is 95.7 Å². The number of carbonyl (C=O) groups excluding carboxylic acids is 2. The van der Waals surface area contributed by atoms with E-state index < -0.39 is 28.8 Å². The molecule has 1 aliphatic heterocycles. The normalized spacial score (nSPS) is 19.6. The van der Waals surface area contributed by atoms with Crippen LogP contribution in [0.1, 0.15) is 30.5 Å². The van der Waals surface area contributed by atoms with Gasteiger partial charge in [0.05, 0.1) is 5.88 Å². The van der Waals surface area contributed by atoms with Crippen LogP contribution in [0.3, 0.4) is 0 Å². The first-order valence-electron chi connectivity index (χ1n) is 10.4. The number of benzene rings is 2. The Hall–Kier alpha value is -2.35. The van der Waals surface area contributed by atoms with Crippen molar-refractivity contribution in [3.05, 3.63) is 71.3 Å². The highest BCUT2D eigenvalue weighted by Gasteiger charge is 2.49. The second-order valence-corrected chi connectivity index (χ2v) is 10.1. The predicted molar refractivity (Wildman–Crippen MR) is 124 cm³/mol. The fourth-order valence-corrected chi connectivity index (χ4v) is 4.99. The molecule has 0 saturated carbocycles. The average molecular weight is 442 g/mol. The van der Waals surface area contributed by atoms with Gasteiger partial charge in [-0.25, -0.2) is 0 Å². The molecule has 2 aromatic rings. The second kappa shape index (κ2) is 9.85. The molecule has 1 fully saturated rings. The number of amides is 2. The van der Waals surface area contributed by atoms with Crippen molar-refractivity contribution in [2.24, 2.45) is 5.73 Å². The van der Waals surface area contributed by atoms with E-state index in [1.54, 1.807) is 0 Å². The number of nitrogens with one attached hydrogen (secondary N) is 1. The number of aliphatic hydroxyl groups is 1. The summed E-state index contributed by atoms with van der Waals surface area (Å²) < 4.78 is -0.477. The summed E-state index contributed by atoms with van der Waals surface area (Å²) in [5, 5.41) is 13.6. The highest BCUT2D eigenvalue weighted by molar-refractivity contribution is 8.00. The summed E-state index contributed by atoms with van der Waals surface area (Å²) >= 11 is 1.52. The fourth-order valence-electron chi connectivity index (χ4n) is 3.85. The SMILES string of the molecule is Cc1ccccc1CNC(=O)C1N(C(=O)[C@@H](O)C(N)Cc2ccccc2)CSC1(C)C. The monoisotopic (exact) mass is 441 g/mol. The lowest BCUT2D eigenvalue weighted by molar-refractivity contribution is -0.147. The molecular formula is C24H31N3O3S. The molecule has 2 unspecified atom stereocenters. The van der Waals surface area contributed by atoms with Crippen molar-refractivity contribution in [2.75, 3.05) is 5.88 Å². The molecule has 7 heteroatoms. The molecule has 0 spiro atoms. The van der Waals surface area contributed by atoms with Crippen molar-refractivity contribution in [3.8, 4) is 0 Å². The van der Waals surface area contributed by atoms with Crippen LogP contribution in [-0.2, 0) is 22.6 Å². The zero-order chi connectivity index (χ0) is 22.6. The van der Waals surface area contributed by atoms with Crippen molar-refractivity contribution in [1.82, 2.24) is 10.2 Å². The number of nitrogens with two attached hydrogens (primary N) is 1. The lowest BCUT2D eigenvalue weighted by Gasteiger charge is -2.32. The van der Waals surface area contributed by atoms with Crippen LogP contribution in [0, 0.1) is 6.92 Å². The van der Waals surface area contributed by atoms with Crippen molar-refractivity contribution in [3.63, 3.8) is 0 Å². The average Bonchev–Trinajstić information content (AvgIpc) is 3.07. The van der Waals surface area contributed by atoms with Crippen LogP contribution in [0.5, 0.6) is 0 Å². The van der Waals surface area contributed by atoms with E-state index in [4.69, 9.17) is 5.73 Å². The van der Waals surface area contributed by atoms with Gasteiger partial charge in [0.15, 0.2) is 0 Å². The Morgan fingerprint density at radius 2 is 1.84 bits per heavy atom. The van der Waals surface area contributed by atoms with E-state index in [9.17, 15) is 14.7 Å². The van der Waals surface area contributed by atoms with Crippen LogP contribution in [0.4, 0.5) is 0 Å². The molecule has 166 valence electrons. The number of rotatable bonds is 7. The Morgan fingerprint density at radius 3 is 2.52 bits per heavy atom. The van der Waals surface area contributed by atoms with Crippen LogP contribution in [0.25, 0.3) is 0 Å². The molecule has 0 bridgehead atoms. The first-order chi connectivity index (χ1) is 14.7. The summed E-state index contributed by atoms with van der Waals surface area (Å²) in [5.74, 6) is -0.392. The largest absolute Gasteiger partial charge is 0.382 e. The molecular weight excluding hydrogens is 410 g/mol. The van der Waals surface area contributed by atoms with Gasteiger partial charge in [0.2, 0.25) is 5.91 Å². The molecule has 3 atom stereocenters. The van der Waals surface area contributed by atoms with Gasteiger partial charge in [0, 0.05) is 17.3 Å². The Bertz CT molecular complexity index is 919. The molecule has 2 amide bonds. The Kier molecular flexibility index (Phi) is 7.41. The molecule has 31 heavy (non-hydrogen) atoms. The van der Waals surface area contributed by atoms with Gasteiger partial charge in [-0.15, -0.1) is 11.8 Å². The Labute approximate surface area is 188 Å². The lowest BCUT2D eigenvalue weighted by Crippen LogP contribution is -2.57. The smallest absolute Gasteiger partial charge is 0.254 e. The van der Waals surface area contributed by atoms with Gasteiger partial charge in [-0.05, 0) is 43.9 Å². The van der Waals surface area contributed by atoms with Crippen LogP contribution >= 0.6 is 11.8 Å². The van der Waals surface area contributed by atoms with E-state index >= 15 is 0 Å². The Balaban J connectivity index is 1.69. The first kappa shape index (κ1) is 23.3. The zero-order valence-electron chi connectivity index (χ0n) is 18.2. The summed E-state index contributed by atoms with van der Waals surface area (Å²) in [4.78, 5) is 27.7. The lowest BCUT2D eigenvalue weighted by atomic mass is 9.97. The fraction of sp³-hybridized carbons (Fsp3) is 0.417. The minimum atomic E-state index is -1.37. The molecule has 1 aliphatic rings. The standard InChI is InChI=1S/C24H31N3O3S/c1-16-9-7-8-12-18(16)14-26-22(29)21-24(2,3)31-15-27(21)23(30)20(28)19(25)13-17-10-5-4-6-11-17/h4-12,19-21,28H,13-15,25H2,1-3H3,(H,26,29)/t19?,20-,21?/m0/s1. The molecule has 0 aliphatic carbocycles. The van der Waals surface area contributed by atoms with E-state index in [0.29, 0.717) is 18.8 Å². The maximum Gasteiger partial charge on any atom is 0.254 e. The van der Waals surface area contributed by atoms with E-state index in [2.05, 4.69) is 5.32 Å². The summed E-state index contributed by atoms with van der Waals surface area (Å²) in [6, 6.07) is 15.9.